The molecule has 2 aromatic heterocycles. The fourth-order valence-corrected chi connectivity index (χ4v) is 2.78. The van der Waals surface area contributed by atoms with E-state index in [1.54, 1.807) is 13.8 Å². The fraction of sp³-hybridized carbons (Fsp3) is 0.185. The van der Waals surface area contributed by atoms with Crippen molar-refractivity contribution in [3.05, 3.63) is 109 Å². The maximum atomic E-state index is 8.56. The van der Waals surface area contributed by atoms with Crippen molar-refractivity contribution < 1.29 is 30.3 Å². The van der Waals surface area contributed by atoms with E-state index in [9.17, 15) is 0 Å². The molecule has 1 radical (unpaired) electrons. The van der Waals surface area contributed by atoms with E-state index in [1.165, 1.54) is 0 Å². The summed E-state index contributed by atoms with van der Waals surface area (Å²) in [6.45, 7) is 3.32. The Bertz CT molecular complexity index is 796. The summed E-state index contributed by atoms with van der Waals surface area (Å²) in [5.74, 6) is 0. The molecule has 4 nitrogen and oxygen atoms in total. The summed E-state index contributed by atoms with van der Waals surface area (Å²) >= 11 is 0. The number of nitrogens with zero attached hydrogens (tertiary/aromatic N) is 2. The normalized spacial score (nSPS) is 11.4. The van der Waals surface area contributed by atoms with Gasteiger partial charge in [-0.3, -0.25) is 9.97 Å². The minimum absolute atomic E-state index is 0. The van der Waals surface area contributed by atoms with Crippen LogP contribution in [0.15, 0.2) is 109 Å². The van der Waals surface area contributed by atoms with Crippen LogP contribution in [0.1, 0.15) is 20.3 Å². The van der Waals surface area contributed by atoms with Crippen molar-refractivity contribution in [2.45, 2.75) is 32.5 Å². The number of rotatable bonds is 4. The molecule has 4 aromatic rings. The molecular formula is C27H30IrN2O2. The van der Waals surface area contributed by atoms with E-state index in [0.717, 1.165) is 22.5 Å². The SMILES string of the molecule is CC(O)CC(C)O.[Ir].c1ccc(-c2ccccn2)cc1.c1ccc(-c2ccccn2)cc1. The van der Waals surface area contributed by atoms with Gasteiger partial charge in [0, 0.05) is 43.6 Å². The van der Waals surface area contributed by atoms with Gasteiger partial charge < -0.3 is 10.2 Å². The van der Waals surface area contributed by atoms with Crippen LogP contribution in [0, 0.1) is 0 Å². The third kappa shape index (κ3) is 11.1. The maximum absolute atomic E-state index is 8.56. The minimum Gasteiger partial charge on any atom is -0.393 e. The van der Waals surface area contributed by atoms with Crippen LogP contribution in [0.2, 0.25) is 0 Å². The van der Waals surface area contributed by atoms with Gasteiger partial charge in [0.25, 0.3) is 0 Å². The van der Waals surface area contributed by atoms with Gasteiger partial charge in [-0.2, -0.15) is 0 Å². The first-order valence-corrected chi connectivity index (χ1v) is 10.3. The summed E-state index contributed by atoms with van der Waals surface area (Å²) in [6.07, 6.45) is 3.34. The van der Waals surface area contributed by atoms with Crippen molar-refractivity contribution in [3.63, 3.8) is 0 Å². The number of hydrogen-bond acceptors (Lipinski definition) is 4. The Kier molecular flexibility index (Phi) is 13.7. The molecule has 0 amide bonds. The third-order valence-electron chi connectivity index (χ3n) is 4.15. The van der Waals surface area contributed by atoms with Gasteiger partial charge in [-0.05, 0) is 44.5 Å². The molecule has 2 heterocycles. The Hall–Kier alpha value is -2.69. The molecule has 0 saturated heterocycles. The van der Waals surface area contributed by atoms with Crippen LogP contribution in [0.5, 0.6) is 0 Å². The molecule has 0 fully saturated rings. The van der Waals surface area contributed by atoms with E-state index in [0.29, 0.717) is 6.42 Å². The van der Waals surface area contributed by atoms with Crippen LogP contribution >= 0.6 is 0 Å². The predicted octanol–water partition coefficient (Wildman–Crippen LogP) is 5.63. The monoisotopic (exact) mass is 607 g/mol. The van der Waals surface area contributed by atoms with Gasteiger partial charge >= 0.3 is 0 Å². The number of benzene rings is 2. The van der Waals surface area contributed by atoms with E-state index in [1.807, 2.05) is 85.2 Å². The van der Waals surface area contributed by atoms with Crippen molar-refractivity contribution in [1.29, 1.82) is 0 Å². The molecule has 0 aliphatic carbocycles. The molecule has 0 spiro atoms. The second-order valence-electron chi connectivity index (χ2n) is 7.10. The molecule has 2 aromatic carbocycles. The first-order valence-electron chi connectivity index (χ1n) is 10.3. The van der Waals surface area contributed by atoms with Crippen molar-refractivity contribution in [3.8, 4) is 22.5 Å². The molecule has 5 heteroatoms. The van der Waals surface area contributed by atoms with Gasteiger partial charge in [0.05, 0.1) is 23.6 Å². The van der Waals surface area contributed by atoms with E-state index < -0.39 is 0 Å². The number of aliphatic hydroxyl groups is 2. The Morgan fingerprint density at radius 2 is 0.906 bits per heavy atom. The Morgan fingerprint density at radius 3 is 1.16 bits per heavy atom. The van der Waals surface area contributed by atoms with Crippen molar-refractivity contribution in [2.24, 2.45) is 0 Å². The van der Waals surface area contributed by atoms with Crippen molar-refractivity contribution >= 4 is 0 Å². The van der Waals surface area contributed by atoms with Gasteiger partial charge in [-0.25, -0.2) is 0 Å². The van der Waals surface area contributed by atoms with E-state index >= 15 is 0 Å². The molecule has 0 aliphatic heterocycles. The zero-order chi connectivity index (χ0) is 22.3. The van der Waals surface area contributed by atoms with E-state index in [4.69, 9.17) is 10.2 Å². The molecular weight excluding hydrogens is 577 g/mol. The average molecular weight is 607 g/mol. The molecule has 2 atom stereocenters. The maximum Gasteiger partial charge on any atom is 0.0701 e. The Labute approximate surface area is 204 Å². The summed E-state index contributed by atoms with van der Waals surface area (Å²) in [5.41, 5.74) is 4.38. The molecule has 4 rings (SSSR count). The molecule has 169 valence electrons. The van der Waals surface area contributed by atoms with Crippen LogP contribution in [0.4, 0.5) is 0 Å². The summed E-state index contributed by atoms with van der Waals surface area (Å²) in [7, 11) is 0. The zero-order valence-electron chi connectivity index (χ0n) is 18.4. The largest absolute Gasteiger partial charge is 0.393 e. The van der Waals surface area contributed by atoms with Crippen molar-refractivity contribution in [1.82, 2.24) is 9.97 Å². The number of aliphatic hydroxyl groups excluding tert-OH is 2. The fourth-order valence-electron chi connectivity index (χ4n) is 2.78. The Morgan fingerprint density at radius 1 is 0.562 bits per heavy atom. The number of aromatic nitrogens is 2. The van der Waals surface area contributed by atoms with Crippen LogP contribution < -0.4 is 0 Å². The van der Waals surface area contributed by atoms with Gasteiger partial charge in [0.1, 0.15) is 0 Å². The standard InChI is InChI=1S/2C11H9N.C5H12O2.Ir/c2*1-2-6-10(7-3-1)11-8-4-5-9-12-11;1-4(6)3-5(2)7;/h2*1-9H;4-7H,3H2,1-2H3;. The molecule has 0 saturated carbocycles. The van der Waals surface area contributed by atoms with E-state index in [2.05, 4.69) is 34.2 Å². The number of pyridine rings is 2. The van der Waals surface area contributed by atoms with Gasteiger partial charge in [0.15, 0.2) is 0 Å². The molecule has 2 N–H and O–H groups in total. The van der Waals surface area contributed by atoms with Crippen LogP contribution in [-0.2, 0) is 20.1 Å². The summed E-state index contributed by atoms with van der Waals surface area (Å²) < 4.78 is 0. The topological polar surface area (TPSA) is 66.2 Å². The molecule has 32 heavy (non-hydrogen) atoms. The predicted molar refractivity (Wildman–Crippen MR) is 127 cm³/mol. The molecule has 0 aliphatic rings. The van der Waals surface area contributed by atoms with Crippen molar-refractivity contribution in [2.75, 3.05) is 0 Å². The summed E-state index contributed by atoms with van der Waals surface area (Å²) in [5, 5.41) is 17.1. The smallest absolute Gasteiger partial charge is 0.0701 e. The van der Waals surface area contributed by atoms with Gasteiger partial charge in [-0.1, -0.05) is 72.8 Å². The van der Waals surface area contributed by atoms with Gasteiger partial charge in [0.2, 0.25) is 0 Å². The summed E-state index contributed by atoms with van der Waals surface area (Å²) in [4.78, 5) is 8.50. The second-order valence-corrected chi connectivity index (χ2v) is 7.10. The van der Waals surface area contributed by atoms with Crippen LogP contribution in [0.3, 0.4) is 0 Å². The number of hydrogen-bond donors (Lipinski definition) is 2. The average Bonchev–Trinajstić information content (AvgIpc) is 2.81. The first kappa shape index (κ1) is 27.3. The van der Waals surface area contributed by atoms with Crippen LogP contribution in [-0.4, -0.2) is 32.4 Å². The van der Waals surface area contributed by atoms with Gasteiger partial charge in [-0.15, -0.1) is 0 Å². The Balaban J connectivity index is 0.000000246. The zero-order valence-corrected chi connectivity index (χ0v) is 20.8. The minimum atomic E-state index is -0.375. The first-order chi connectivity index (χ1) is 15.1. The molecule has 0 bridgehead atoms. The van der Waals surface area contributed by atoms with Crippen LogP contribution in [0.25, 0.3) is 22.5 Å². The molecule has 2 unspecified atom stereocenters. The quantitative estimate of drug-likeness (QED) is 0.316. The third-order valence-corrected chi connectivity index (χ3v) is 4.15. The van der Waals surface area contributed by atoms with E-state index in [-0.39, 0.29) is 32.3 Å². The second kappa shape index (κ2) is 16.0. The summed E-state index contributed by atoms with van der Waals surface area (Å²) in [6, 6.07) is 32.2.